The minimum absolute atomic E-state index is 0.0959. The van der Waals surface area contributed by atoms with E-state index >= 15 is 0 Å². The lowest BCUT2D eigenvalue weighted by molar-refractivity contribution is -0.0226. The van der Waals surface area contributed by atoms with Crippen LogP contribution in [-0.2, 0) is 6.42 Å². The zero-order valence-corrected chi connectivity index (χ0v) is 14.3. The summed E-state index contributed by atoms with van der Waals surface area (Å²) in [5.74, 6) is 2.49. The highest BCUT2D eigenvalue weighted by molar-refractivity contribution is 7.98. The molecule has 5 atom stereocenters. The van der Waals surface area contributed by atoms with E-state index in [1.165, 1.54) is 30.4 Å². The first-order chi connectivity index (χ1) is 10.5. The summed E-state index contributed by atoms with van der Waals surface area (Å²) in [6.45, 7) is 2.32. The van der Waals surface area contributed by atoms with Crippen LogP contribution in [0.25, 0.3) is 0 Å². The second-order valence-electron chi connectivity index (χ2n) is 7.78. The van der Waals surface area contributed by atoms with Crippen LogP contribution in [0.15, 0.2) is 17.0 Å². The van der Waals surface area contributed by atoms with Gasteiger partial charge in [0.15, 0.2) is 0 Å². The third kappa shape index (κ3) is 1.98. The smallest absolute Gasteiger partial charge is 0.129 e. The maximum atomic E-state index is 10.5. The van der Waals surface area contributed by atoms with Gasteiger partial charge in [0, 0.05) is 4.90 Å². The van der Waals surface area contributed by atoms with Gasteiger partial charge in [-0.15, -0.1) is 11.8 Å². The predicted octanol–water partition coefficient (Wildman–Crippen LogP) is 4.33. The molecule has 0 spiro atoms. The van der Waals surface area contributed by atoms with Gasteiger partial charge in [0.25, 0.3) is 0 Å². The summed E-state index contributed by atoms with van der Waals surface area (Å²) in [6, 6.07) is 4.26. The van der Waals surface area contributed by atoms with E-state index in [0.29, 0.717) is 17.6 Å². The fourth-order valence-corrected chi connectivity index (χ4v) is 6.24. The van der Waals surface area contributed by atoms with E-state index < -0.39 is 0 Å². The molecule has 1 aromatic carbocycles. The maximum absolute atomic E-state index is 10.5. The first-order valence-electron chi connectivity index (χ1n) is 8.62. The SMILES string of the molecule is CSc1cc2c(cc1O)CC[C@@H]1[C@@H]2CC[C@]2(C)[C@H](O)CC[C@@H]12. The highest BCUT2D eigenvalue weighted by Crippen LogP contribution is 2.61. The second kappa shape index (κ2) is 5.17. The molecular formula is C19H26O2S. The number of hydrogen-bond acceptors (Lipinski definition) is 3. The maximum Gasteiger partial charge on any atom is 0.129 e. The van der Waals surface area contributed by atoms with Gasteiger partial charge in [-0.3, -0.25) is 0 Å². The van der Waals surface area contributed by atoms with Crippen molar-refractivity contribution in [3.05, 3.63) is 23.3 Å². The number of phenolic OH excluding ortho intramolecular Hbond substituents is 1. The summed E-state index contributed by atoms with van der Waals surface area (Å²) in [7, 11) is 0. The van der Waals surface area contributed by atoms with Gasteiger partial charge in [-0.2, -0.15) is 0 Å². The van der Waals surface area contributed by atoms with Gasteiger partial charge in [0.05, 0.1) is 6.10 Å². The molecule has 0 saturated heterocycles. The third-order valence-corrected chi connectivity index (χ3v) is 7.74. The van der Waals surface area contributed by atoms with Crippen LogP contribution < -0.4 is 0 Å². The Morgan fingerprint density at radius 2 is 2.00 bits per heavy atom. The summed E-state index contributed by atoms with van der Waals surface area (Å²) >= 11 is 1.64. The molecule has 3 aliphatic rings. The van der Waals surface area contributed by atoms with Crippen molar-refractivity contribution >= 4 is 11.8 Å². The molecule has 4 rings (SSSR count). The van der Waals surface area contributed by atoms with E-state index in [9.17, 15) is 10.2 Å². The fraction of sp³-hybridized carbons (Fsp3) is 0.684. The van der Waals surface area contributed by atoms with E-state index in [4.69, 9.17) is 0 Å². The van der Waals surface area contributed by atoms with E-state index in [0.717, 1.165) is 30.1 Å². The molecule has 0 aromatic heterocycles. The Bertz CT molecular complexity index is 599. The van der Waals surface area contributed by atoms with Gasteiger partial charge in [0.1, 0.15) is 5.75 Å². The van der Waals surface area contributed by atoms with Crippen molar-refractivity contribution in [1.29, 1.82) is 0 Å². The van der Waals surface area contributed by atoms with E-state index in [1.54, 1.807) is 11.8 Å². The average Bonchev–Trinajstić information content (AvgIpc) is 2.82. The number of aryl methyl sites for hydroxylation is 1. The van der Waals surface area contributed by atoms with Crippen LogP contribution in [0.1, 0.15) is 56.1 Å². The molecule has 2 fully saturated rings. The minimum atomic E-state index is -0.0959. The first-order valence-corrected chi connectivity index (χ1v) is 9.85. The van der Waals surface area contributed by atoms with Crippen LogP contribution >= 0.6 is 11.8 Å². The Labute approximate surface area is 137 Å². The Hall–Kier alpha value is -0.670. The number of thioether (sulfide) groups is 1. The van der Waals surface area contributed by atoms with Gasteiger partial charge in [-0.25, -0.2) is 0 Å². The monoisotopic (exact) mass is 318 g/mol. The molecule has 3 heteroatoms. The molecule has 0 unspecified atom stereocenters. The highest BCUT2D eigenvalue weighted by Gasteiger charge is 2.54. The first kappa shape index (κ1) is 14.9. The number of benzene rings is 1. The van der Waals surface area contributed by atoms with Crippen LogP contribution in [-0.4, -0.2) is 22.6 Å². The lowest BCUT2D eigenvalue weighted by Gasteiger charge is -2.50. The molecule has 0 aliphatic heterocycles. The zero-order chi connectivity index (χ0) is 15.5. The number of fused-ring (bicyclic) bond motifs is 5. The minimum Gasteiger partial charge on any atom is -0.507 e. The molecular weight excluding hydrogens is 292 g/mol. The molecule has 3 aliphatic carbocycles. The van der Waals surface area contributed by atoms with Crippen LogP contribution in [0.4, 0.5) is 0 Å². The quantitative estimate of drug-likeness (QED) is 0.757. The Kier molecular flexibility index (Phi) is 3.50. The molecule has 120 valence electrons. The average molecular weight is 318 g/mol. The van der Waals surface area contributed by atoms with Crippen LogP contribution in [0.3, 0.4) is 0 Å². The van der Waals surface area contributed by atoms with Crippen LogP contribution in [0.5, 0.6) is 5.75 Å². The van der Waals surface area contributed by atoms with Gasteiger partial charge in [-0.05, 0) is 91.2 Å². The number of aliphatic hydroxyl groups excluding tert-OH is 1. The van der Waals surface area contributed by atoms with Gasteiger partial charge < -0.3 is 10.2 Å². The molecule has 1 aromatic rings. The lowest BCUT2D eigenvalue weighted by atomic mass is 9.55. The number of aromatic hydroxyl groups is 1. The van der Waals surface area contributed by atoms with E-state index in [-0.39, 0.29) is 11.5 Å². The largest absolute Gasteiger partial charge is 0.507 e. The van der Waals surface area contributed by atoms with Crippen molar-refractivity contribution in [1.82, 2.24) is 0 Å². The Morgan fingerprint density at radius 3 is 2.77 bits per heavy atom. The van der Waals surface area contributed by atoms with Crippen LogP contribution in [0, 0.1) is 17.3 Å². The van der Waals surface area contributed by atoms with Gasteiger partial charge in [0.2, 0.25) is 0 Å². The fourth-order valence-electron chi connectivity index (χ4n) is 5.72. The van der Waals surface area contributed by atoms with E-state index in [2.05, 4.69) is 13.0 Å². The topological polar surface area (TPSA) is 40.5 Å². The predicted molar refractivity (Wildman–Crippen MR) is 90.5 cm³/mol. The molecule has 0 heterocycles. The van der Waals surface area contributed by atoms with Crippen molar-refractivity contribution in [2.75, 3.05) is 6.26 Å². The number of rotatable bonds is 1. The molecule has 2 saturated carbocycles. The molecule has 22 heavy (non-hydrogen) atoms. The zero-order valence-electron chi connectivity index (χ0n) is 13.5. The molecule has 2 nitrogen and oxygen atoms in total. The summed E-state index contributed by atoms with van der Waals surface area (Å²) in [6.07, 6.45) is 8.78. The second-order valence-corrected chi connectivity index (χ2v) is 8.62. The number of aliphatic hydroxyl groups is 1. The Morgan fingerprint density at radius 1 is 1.18 bits per heavy atom. The molecule has 0 amide bonds. The number of phenols is 1. The van der Waals surface area contributed by atoms with Crippen molar-refractivity contribution in [3.63, 3.8) is 0 Å². The normalized spacial score (nSPS) is 40.0. The van der Waals surface area contributed by atoms with Crippen molar-refractivity contribution in [2.24, 2.45) is 17.3 Å². The lowest BCUT2D eigenvalue weighted by Crippen LogP contribution is -2.43. The van der Waals surface area contributed by atoms with Gasteiger partial charge >= 0.3 is 0 Å². The van der Waals surface area contributed by atoms with Crippen molar-refractivity contribution in [3.8, 4) is 5.75 Å². The molecule has 2 N–H and O–H groups in total. The van der Waals surface area contributed by atoms with Crippen molar-refractivity contribution in [2.45, 2.75) is 62.4 Å². The summed E-state index contributed by atoms with van der Waals surface area (Å²) in [4.78, 5) is 1.01. The standard InChI is InChI=1S/C19H26O2S/c1-19-8-7-12-13(15(19)5-6-18(19)21)4-3-11-9-16(20)17(22-2)10-14(11)12/h9-10,12-13,15,18,20-21H,3-8H2,1-2H3/t12-,13+,15-,18+,19-/m0/s1. The number of hydrogen-bond donors (Lipinski definition) is 2. The third-order valence-electron chi connectivity index (χ3n) is 6.97. The Balaban J connectivity index is 1.72. The highest BCUT2D eigenvalue weighted by atomic mass is 32.2. The summed E-state index contributed by atoms with van der Waals surface area (Å²) in [5, 5.41) is 20.6. The van der Waals surface area contributed by atoms with Gasteiger partial charge in [-0.1, -0.05) is 6.92 Å². The summed E-state index contributed by atoms with van der Waals surface area (Å²) < 4.78 is 0. The van der Waals surface area contributed by atoms with E-state index in [1.807, 2.05) is 12.3 Å². The summed E-state index contributed by atoms with van der Waals surface area (Å²) in [5.41, 5.74) is 3.00. The molecule has 0 radical (unpaired) electrons. The molecule has 0 bridgehead atoms. The van der Waals surface area contributed by atoms with Crippen LogP contribution in [0.2, 0.25) is 0 Å². The van der Waals surface area contributed by atoms with Crippen molar-refractivity contribution < 1.29 is 10.2 Å².